The van der Waals surface area contributed by atoms with Crippen LogP contribution in [0.4, 0.5) is 0 Å². The van der Waals surface area contributed by atoms with Crippen molar-refractivity contribution < 1.29 is 4.74 Å². The molecule has 2 N–H and O–H groups in total. The fraction of sp³-hybridized carbons (Fsp3) is 0.143. The zero-order valence-electron chi connectivity index (χ0n) is 10.2. The van der Waals surface area contributed by atoms with Crippen LogP contribution in [0.15, 0.2) is 40.9 Å². The van der Waals surface area contributed by atoms with E-state index in [0.717, 1.165) is 21.3 Å². The quantitative estimate of drug-likeness (QED) is 0.852. The summed E-state index contributed by atoms with van der Waals surface area (Å²) < 4.78 is 6.28. The van der Waals surface area contributed by atoms with Crippen LogP contribution in [0.25, 0.3) is 0 Å². The Morgan fingerprint density at radius 3 is 2.47 bits per heavy atom. The van der Waals surface area contributed by atoms with Gasteiger partial charge in [-0.05, 0) is 35.9 Å². The second-order valence-electron chi connectivity index (χ2n) is 4.04. The molecule has 0 radical (unpaired) electrons. The number of halogens is 3. The third-order valence-electron chi connectivity index (χ3n) is 2.83. The maximum atomic E-state index is 6.28. The molecule has 2 rings (SSSR count). The van der Waals surface area contributed by atoms with Gasteiger partial charge in [-0.25, -0.2) is 0 Å². The number of benzene rings is 2. The summed E-state index contributed by atoms with van der Waals surface area (Å²) in [6, 6.07) is 10.8. The summed E-state index contributed by atoms with van der Waals surface area (Å²) in [6.07, 6.45) is 0. The van der Waals surface area contributed by atoms with E-state index in [1.54, 1.807) is 19.2 Å². The van der Waals surface area contributed by atoms with Gasteiger partial charge in [0, 0.05) is 10.0 Å². The molecule has 2 aromatic carbocycles. The number of rotatable bonds is 3. The van der Waals surface area contributed by atoms with Crippen molar-refractivity contribution in [2.24, 2.45) is 5.73 Å². The predicted molar refractivity (Wildman–Crippen MR) is 83.2 cm³/mol. The van der Waals surface area contributed by atoms with Crippen LogP contribution >= 0.6 is 39.1 Å². The van der Waals surface area contributed by atoms with Crippen LogP contribution < -0.4 is 10.5 Å². The van der Waals surface area contributed by atoms with Gasteiger partial charge in [0.15, 0.2) is 0 Å². The molecule has 0 aliphatic heterocycles. The molecule has 0 aliphatic carbocycles. The van der Waals surface area contributed by atoms with Crippen LogP contribution in [0.1, 0.15) is 17.2 Å². The highest BCUT2D eigenvalue weighted by atomic mass is 79.9. The second-order valence-corrected chi connectivity index (χ2v) is 5.77. The lowest BCUT2D eigenvalue weighted by molar-refractivity contribution is 0.407. The van der Waals surface area contributed by atoms with Crippen molar-refractivity contribution in [3.05, 3.63) is 62.0 Å². The van der Waals surface area contributed by atoms with Crippen LogP contribution in [0.2, 0.25) is 10.0 Å². The third kappa shape index (κ3) is 3.23. The van der Waals surface area contributed by atoms with Gasteiger partial charge in [0.25, 0.3) is 0 Å². The lowest BCUT2D eigenvalue weighted by Crippen LogP contribution is -2.13. The zero-order valence-corrected chi connectivity index (χ0v) is 13.3. The molecule has 0 aliphatic rings. The van der Waals surface area contributed by atoms with Crippen LogP contribution in [0.5, 0.6) is 5.75 Å². The molecule has 0 fully saturated rings. The minimum Gasteiger partial charge on any atom is -0.496 e. The van der Waals surface area contributed by atoms with Gasteiger partial charge in [0.1, 0.15) is 5.75 Å². The Morgan fingerprint density at radius 2 is 1.84 bits per heavy atom. The van der Waals surface area contributed by atoms with Crippen LogP contribution in [0.3, 0.4) is 0 Å². The average Bonchev–Trinajstić information content (AvgIpc) is 2.41. The second kappa shape index (κ2) is 6.14. The summed E-state index contributed by atoms with van der Waals surface area (Å²) in [6.45, 7) is 0. The van der Waals surface area contributed by atoms with E-state index in [0.29, 0.717) is 10.0 Å². The molecule has 19 heavy (non-hydrogen) atoms. The first kappa shape index (κ1) is 14.7. The predicted octanol–water partition coefficient (Wildman–Crippen LogP) is 4.81. The van der Waals surface area contributed by atoms with Gasteiger partial charge in [0.05, 0.1) is 23.2 Å². The van der Waals surface area contributed by atoms with Crippen molar-refractivity contribution in [2.75, 3.05) is 7.11 Å². The Bertz CT molecular complexity index is 604. The molecule has 0 saturated heterocycles. The molecule has 1 atom stereocenters. The monoisotopic (exact) mass is 359 g/mol. The molecule has 2 aromatic rings. The van der Waals surface area contributed by atoms with E-state index in [4.69, 9.17) is 33.7 Å². The van der Waals surface area contributed by atoms with Crippen molar-refractivity contribution in [1.82, 2.24) is 0 Å². The van der Waals surface area contributed by atoms with E-state index in [-0.39, 0.29) is 6.04 Å². The molecule has 0 heterocycles. The Hall–Kier alpha value is -0.740. The van der Waals surface area contributed by atoms with Gasteiger partial charge in [-0.3, -0.25) is 0 Å². The van der Waals surface area contributed by atoms with E-state index in [2.05, 4.69) is 15.9 Å². The van der Waals surface area contributed by atoms with E-state index in [9.17, 15) is 0 Å². The molecule has 5 heteroatoms. The van der Waals surface area contributed by atoms with Gasteiger partial charge in [-0.1, -0.05) is 45.2 Å². The number of ether oxygens (including phenoxy) is 1. The SMILES string of the molecule is COc1ccc(Br)cc1C(N)c1ccc(Cl)c(Cl)c1. The highest BCUT2D eigenvalue weighted by Crippen LogP contribution is 2.33. The molecular formula is C14H12BrCl2NO. The molecular weight excluding hydrogens is 349 g/mol. The molecule has 0 amide bonds. The van der Waals surface area contributed by atoms with Crippen LogP contribution in [0, 0.1) is 0 Å². The summed E-state index contributed by atoms with van der Waals surface area (Å²) in [5.41, 5.74) is 8.04. The molecule has 0 saturated carbocycles. The maximum Gasteiger partial charge on any atom is 0.124 e. The minimum absolute atomic E-state index is 0.331. The number of nitrogens with two attached hydrogens (primary N) is 1. The Morgan fingerprint density at radius 1 is 1.11 bits per heavy atom. The van der Waals surface area contributed by atoms with Crippen molar-refractivity contribution in [2.45, 2.75) is 6.04 Å². The largest absolute Gasteiger partial charge is 0.496 e. The van der Waals surface area contributed by atoms with Crippen molar-refractivity contribution in [3.63, 3.8) is 0 Å². The third-order valence-corrected chi connectivity index (χ3v) is 4.06. The summed E-state index contributed by atoms with van der Waals surface area (Å²) >= 11 is 15.4. The van der Waals surface area contributed by atoms with Gasteiger partial charge in [0.2, 0.25) is 0 Å². The van der Waals surface area contributed by atoms with Gasteiger partial charge in [-0.2, -0.15) is 0 Å². The van der Waals surface area contributed by atoms with Crippen molar-refractivity contribution in [3.8, 4) is 5.75 Å². The lowest BCUT2D eigenvalue weighted by atomic mass is 9.99. The summed E-state index contributed by atoms with van der Waals surface area (Å²) in [4.78, 5) is 0. The lowest BCUT2D eigenvalue weighted by Gasteiger charge is -2.17. The Labute approximate surface area is 130 Å². The molecule has 1 unspecified atom stereocenters. The zero-order chi connectivity index (χ0) is 14.0. The number of methoxy groups -OCH3 is 1. The van der Waals surface area contributed by atoms with Gasteiger partial charge >= 0.3 is 0 Å². The van der Waals surface area contributed by atoms with E-state index in [1.807, 2.05) is 24.3 Å². The number of hydrogen-bond acceptors (Lipinski definition) is 2. The molecule has 0 aromatic heterocycles. The molecule has 0 bridgehead atoms. The Kier molecular flexibility index (Phi) is 4.74. The topological polar surface area (TPSA) is 35.2 Å². The van der Waals surface area contributed by atoms with E-state index < -0.39 is 0 Å². The van der Waals surface area contributed by atoms with Crippen molar-refractivity contribution >= 4 is 39.1 Å². The van der Waals surface area contributed by atoms with Gasteiger partial charge < -0.3 is 10.5 Å². The number of hydrogen-bond donors (Lipinski definition) is 1. The first-order chi connectivity index (χ1) is 9.02. The van der Waals surface area contributed by atoms with E-state index >= 15 is 0 Å². The van der Waals surface area contributed by atoms with E-state index in [1.165, 1.54) is 0 Å². The Balaban J connectivity index is 2.45. The highest BCUT2D eigenvalue weighted by Gasteiger charge is 2.15. The standard InChI is InChI=1S/C14H12BrCl2NO/c1-19-13-5-3-9(15)7-10(13)14(18)8-2-4-11(16)12(17)6-8/h2-7,14H,18H2,1H3. The normalized spacial score (nSPS) is 12.3. The minimum atomic E-state index is -0.331. The summed E-state index contributed by atoms with van der Waals surface area (Å²) in [5.74, 6) is 0.738. The average molecular weight is 361 g/mol. The molecule has 0 spiro atoms. The highest BCUT2D eigenvalue weighted by molar-refractivity contribution is 9.10. The van der Waals surface area contributed by atoms with Crippen molar-refractivity contribution in [1.29, 1.82) is 0 Å². The first-order valence-electron chi connectivity index (χ1n) is 5.57. The molecule has 100 valence electrons. The fourth-order valence-corrected chi connectivity index (χ4v) is 2.52. The fourth-order valence-electron chi connectivity index (χ4n) is 1.83. The summed E-state index contributed by atoms with van der Waals surface area (Å²) in [5, 5.41) is 1.00. The van der Waals surface area contributed by atoms with Crippen LogP contribution in [-0.2, 0) is 0 Å². The smallest absolute Gasteiger partial charge is 0.124 e. The first-order valence-corrected chi connectivity index (χ1v) is 7.11. The van der Waals surface area contributed by atoms with Gasteiger partial charge in [-0.15, -0.1) is 0 Å². The summed E-state index contributed by atoms with van der Waals surface area (Å²) in [7, 11) is 1.62. The molecule has 2 nitrogen and oxygen atoms in total. The van der Waals surface area contributed by atoms with Crippen LogP contribution in [-0.4, -0.2) is 7.11 Å². The maximum absolute atomic E-state index is 6.28.